The number of likely N-dealkylation sites (tertiary alicyclic amines) is 1. The third-order valence-corrected chi connectivity index (χ3v) is 5.19. The van der Waals surface area contributed by atoms with Crippen molar-refractivity contribution in [1.29, 1.82) is 0 Å². The van der Waals surface area contributed by atoms with Gasteiger partial charge < -0.3 is 4.90 Å². The Hall–Kier alpha value is -1.23. The number of nitrogens with zero attached hydrogens (tertiary/aromatic N) is 1. The number of hydrogen-bond donors (Lipinski definition) is 0. The molecule has 3 rings (SSSR count). The highest BCUT2D eigenvalue weighted by molar-refractivity contribution is 9.10. The summed E-state index contributed by atoms with van der Waals surface area (Å²) in [5.41, 5.74) is 0.466. The Kier molecular flexibility index (Phi) is 4.11. The molecular weight excluding hydrogens is 337 g/mol. The number of halogens is 2. The molecule has 2 fully saturated rings. The fraction of sp³-hybridized carbons (Fsp3) is 0.500. The molecule has 1 aliphatic heterocycles. The van der Waals surface area contributed by atoms with E-state index >= 15 is 0 Å². The Labute approximate surface area is 131 Å². The first kappa shape index (κ1) is 14.7. The molecule has 1 aromatic carbocycles. The summed E-state index contributed by atoms with van der Waals surface area (Å²) in [5, 5.41) is 0. The van der Waals surface area contributed by atoms with Crippen molar-refractivity contribution >= 4 is 27.6 Å². The molecule has 2 unspecified atom stereocenters. The van der Waals surface area contributed by atoms with Crippen LogP contribution in [-0.4, -0.2) is 29.2 Å². The standard InChI is InChI=1S/C16H17BrFNO2/c17-13-9-10(18)6-7-11(13)16(21)19-8-2-4-14(19)12-3-1-5-15(12)20/h6-7,9,12,14H,1-5,8H2. The van der Waals surface area contributed by atoms with Gasteiger partial charge in [-0.05, 0) is 59.8 Å². The van der Waals surface area contributed by atoms with Crippen molar-refractivity contribution in [2.75, 3.05) is 6.54 Å². The maximum absolute atomic E-state index is 13.2. The van der Waals surface area contributed by atoms with Crippen LogP contribution in [0.5, 0.6) is 0 Å². The van der Waals surface area contributed by atoms with Gasteiger partial charge in [-0.25, -0.2) is 4.39 Å². The van der Waals surface area contributed by atoms with Crippen LogP contribution in [0.1, 0.15) is 42.5 Å². The lowest BCUT2D eigenvalue weighted by Gasteiger charge is -2.29. The van der Waals surface area contributed by atoms with Crippen molar-refractivity contribution < 1.29 is 14.0 Å². The average Bonchev–Trinajstić information content (AvgIpc) is 3.06. The van der Waals surface area contributed by atoms with E-state index in [1.807, 2.05) is 4.90 Å². The van der Waals surface area contributed by atoms with Gasteiger partial charge in [0.2, 0.25) is 0 Å². The second-order valence-corrected chi connectivity index (χ2v) is 6.65. The second kappa shape index (κ2) is 5.87. The SMILES string of the molecule is O=C1CCCC1C1CCCN1C(=O)c1ccc(F)cc1Br. The van der Waals surface area contributed by atoms with Crippen LogP contribution >= 0.6 is 15.9 Å². The Bertz CT molecular complexity index is 590. The highest BCUT2D eigenvalue weighted by Crippen LogP contribution is 2.34. The van der Waals surface area contributed by atoms with Gasteiger partial charge >= 0.3 is 0 Å². The highest BCUT2D eigenvalue weighted by atomic mass is 79.9. The minimum atomic E-state index is -0.373. The normalized spacial score (nSPS) is 25.6. The molecule has 0 radical (unpaired) electrons. The molecule has 5 heteroatoms. The van der Waals surface area contributed by atoms with Gasteiger partial charge in [-0.1, -0.05) is 0 Å². The summed E-state index contributed by atoms with van der Waals surface area (Å²) >= 11 is 3.26. The van der Waals surface area contributed by atoms with Gasteiger partial charge in [0, 0.05) is 29.4 Å². The van der Waals surface area contributed by atoms with Gasteiger partial charge in [-0.2, -0.15) is 0 Å². The van der Waals surface area contributed by atoms with E-state index in [1.165, 1.54) is 18.2 Å². The maximum atomic E-state index is 13.2. The molecule has 1 amide bonds. The maximum Gasteiger partial charge on any atom is 0.255 e. The van der Waals surface area contributed by atoms with E-state index in [1.54, 1.807) is 0 Å². The lowest BCUT2D eigenvalue weighted by Crippen LogP contribution is -2.41. The zero-order chi connectivity index (χ0) is 15.0. The summed E-state index contributed by atoms with van der Waals surface area (Å²) in [7, 11) is 0. The van der Waals surface area contributed by atoms with E-state index in [0.717, 1.165) is 25.7 Å². The zero-order valence-corrected chi connectivity index (χ0v) is 13.2. The quantitative estimate of drug-likeness (QED) is 0.814. The van der Waals surface area contributed by atoms with Crippen LogP contribution in [0.15, 0.2) is 22.7 Å². The number of benzene rings is 1. The summed E-state index contributed by atoms with van der Waals surface area (Å²) in [6, 6.07) is 4.13. The van der Waals surface area contributed by atoms with Crippen LogP contribution in [0.2, 0.25) is 0 Å². The molecule has 1 aromatic rings. The largest absolute Gasteiger partial charge is 0.335 e. The first-order valence-corrected chi connectivity index (χ1v) is 8.16. The number of carbonyl (C=O) groups is 2. The lowest BCUT2D eigenvalue weighted by molar-refractivity contribution is -0.121. The predicted molar refractivity (Wildman–Crippen MR) is 80.5 cm³/mol. The minimum Gasteiger partial charge on any atom is -0.335 e. The topological polar surface area (TPSA) is 37.4 Å². The van der Waals surface area contributed by atoms with Crippen LogP contribution in [0, 0.1) is 11.7 Å². The third kappa shape index (κ3) is 2.76. The molecule has 112 valence electrons. The minimum absolute atomic E-state index is 0.00401. The van der Waals surface area contributed by atoms with Gasteiger partial charge in [0.1, 0.15) is 11.6 Å². The number of ketones is 1. The summed E-state index contributed by atoms with van der Waals surface area (Å²) in [5.74, 6) is -0.194. The first-order valence-electron chi connectivity index (χ1n) is 7.36. The van der Waals surface area contributed by atoms with E-state index < -0.39 is 0 Å². The zero-order valence-electron chi connectivity index (χ0n) is 11.6. The van der Waals surface area contributed by atoms with Crippen LogP contribution in [0.4, 0.5) is 4.39 Å². The molecule has 1 aliphatic carbocycles. The van der Waals surface area contributed by atoms with Crippen molar-refractivity contribution in [3.63, 3.8) is 0 Å². The van der Waals surface area contributed by atoms with E-state index in [4.69, 9.17) is 0 Å². The van der Waals surface area contributed by atoms with E-state index in [9.17, 15) is 14.0 Å². The second-order valence-electron chi connectivity index (χ2n) is 5.80. The molecule has 2 aliphatic rings. The number of hydrogen-bond acceptors (Lipinski definition) is 2. The Morgan fingerprint density at radius 1 is 1.29 bits per heavy atom. The predicted octanol–water partition coefficient (Wildman–Crippen LogP) is 3.56. The van der Waals surface area contributed by atoms with Gasteiger partial charge in [0.05, 0.1) is 5.56 Å². The van der Waals surface area contributed by atoms with E-state index in [2.05, 4.69) is 15.9 Å². The van der Waals surface area contributed by atoms with Crippen LogP contribution in [0.25, 0.3) is 0 Å². The van der Waals surface area contributed by atoms with E-state index in [-0.39, 0.29) is 29.5 Å². The molecule has 1 saturated heterocycles. The van der Waals surface area contributed by atoms with Gasteiger partial charge in [-0.15, -0.1) is 0 Å². The molecule has 0 N–H and O–H groups in total. The molecule has 3 nitrogen and oxygen atoms in total. The average molecular weight is 354 g/mol. The fourth-order valence-electron chi connectivity index (χ4n) is 3.53. The molecule has 1 saturated carbocycles. The number of carbonyl (C=O) groups excluding carboxylic acids is 2. The summed E-state index contributed by atoms with van der Waals surface area (Å²) < 4.78 is 13.6. The summed E-state index contributed by atoms with van der Waals surface area (Å²) in [6.45, 7) is 0.678. The first-order chi connectivity index (χ1) is 10.1. The molecule has 1 heterocycles. The van der Waals surface area contributed by atoms with Crippen LogP contribution in [-0.2, 0) is 4.79 Å². The number of rotatable bonds is 2. The fourth-order valence-corrected chi connectivity index (χ4v) is 4.05. The molecule has 21 heavy (non-hydrogen) atoms. The van der Waals surface area contributed by atoms with Gasteiger partial charge in [-0.3, -0.25) is 9.59 Å². The Morgan fingerprint density at radius 3 is 2.76 bits per heavy atom. The Morgan fingerprint density at radius 2 is 2.10 bits per heavy atom. The molecule has 2 atom stereocenters. The molecule has 0 spiro atoms. The molecular formula is C16H17BrFNO2. The molecule has 0 bridgehead atoms. The highest BCUT2D eigenvalue weighted by Gasteiger charge is 2.40. The van der Waals surface area contributed by atoms with Crippen molar-refractivity contribution in [2.24, 2.45) is 5.92 Å². The van der Waals surface area contributed by atoms with Crippen molar-refractivity contribution in [3.8, 4) is 0 Å². The van der Waals surface area contributed by atoms with E-state index in [0.29, 0.717) is 23.0 Å². The molecule has 0 aromatic heterocycles. The van der Waals surface area contributed by atoms with Gasteiger partial charge in [0.15, 0.2) is 0 Å². The smallest absolute Gasteiger partial charge is 0.255 e. The van der Waals surface area contributed by atoms with Crippen LogP contribution in [0.3, 0.4) is 0 Å². The van der Waals surface area contributed by atoms with Crippen molar-refractivity contribution in [2.45, 2.75) is 38.1 Å². The number of Topliss-reactive ketones (excluding diaryl/α,β-unsaturated/α-hetero) is 1. The third-order valence-electron chi connectivity index (χ3n) is 4.54. The van der Waals surface area contributed by atoms with Crippen molar-refractivity contribution in [3.05, 3.63) is 34.1 Å². The summed E-state index contributed by atoms with van der Waals surface area (Å²) in [4.78, 5) is 26.5. The lowest BCUT2D eigenvalue weighted by atomic mass is 9.94. The van der Waals surface area contributed by atoms with Gasteiger partial charge in [0.25, 0.3) is 5.91 Å². The summed E-state index contributed by atoms with van der Waals surface area (Å²) in [6.07, 6.45) is 4.28. The van der Waals surface area contributed by atoms with Crippen LogP contribution < -0.4 is 0 Å². The van der Waals surface area contributed by atoms with Crippen molar-refractivity contribution in [1.82, 2.24) is 4.90 Å². The monoisotopic (exact) mass is 353 g/mol. The number of amides is 1. The Balaban J connectivity index is 1.84.